The van der Waals surface area contributed by atoms with Crippen LogP contribution in [0.5, 0.6) is 0 Å². The normalized spacial score (nSPS) is 19.2. The van der Waals surface area contributed by atoms with Gasteiger partial charge in [0.25, 0.3) is 0 Å². The fourth-order valence-electron chi connectivity index (χ4n) is 4.13. The number of carbonyl (C=O) groups excluding carboxylic acids is 1. The van der Waals surface area contributed by atoms with Crippen LogP contribution < -0.4 is 4.90 Å². The molecule has 0 aliphatic carbocycles. The van der Waals surface area contributed by atoms with Crippen molar-refractivity contribution in [1.82, 2.24) is 9.80 Å². The minimum Gasteiger partial charge on any atom is -0.384 e. The lowest BCUT2D eigenvalue weighted by Gasteiger charge is -2.38. The van der Waals surface area contributed by atoms with Crippen molar-refractivity contribution in [3.63, 3.8) is 0 Å². The Kier molecular flexibility index (Phi) is 8.27. The highest BCUT2D eigenvalue weighted by molar-refractivity contribution is 6.43. The number of rotatable bonds is 7. The van der Waals surface area contributed by atoms with Gasteiger partial charge in [0.15, 0.2) is 0 Å². The van der Waals surface area contributed by atoms with Crippen LogP contribution >= 0.6 is 23.2 Å². The van der Waals surface area contributed by atoms with Crippen LogP contribution in [0, 0.1) is 5.92 Å². The molecule has 2 heterocycles. The molecule has 0 bridgehead atoms. The van der Waals surface area contributed by atoms with Crippen molar-refractivity contribution in [2.45, 2.75) is 25.7 Å². The van der Waals surface area contributed by atoms with E-state index in [1.807, 2.05) is 23.1 Å². The summed E-state index contributed by atoms with van der Waals surface area (Å²) in [6.07, 6.45) is 3.97. The van der Waals surface area contributed by atoms with Gasteiger partial charge in [-0.1, -0.05) is 29.3 Å². The van der Waals surface area contributed by atoms with Crippen LogP contribution in [0.25, 0.3) is 0 Å². The van der Waals surface area contributed by atoms with Gasteiger partial charge in [-0.2, -0.15) is 0 Å². The second kappa shape index (κ2) is 10.7. The molecule has 1 amide bonds. The quantitative estimate of drug-likeness (QED) is 0.663. The first-order valence-electron chi connectivity index (χ1n) is 10.3. The topological polar surface area (TPSA) is 36.0 Å². The lowest BCUT2D eigenvalue weighted by atomic mass is 9.93. The van der Waals surface area contributed by atoms with Gasteiger partial charge in [0.1, 0.15) is 0 Å². The Labute approximate surface area is 178 Å². The minimum absolute atomic E-state index is 0.232. The maximum absolute atomic E-state index is 12.1. The molecule has 2 aliphatic rings. The molecule has 0 unspecified atom stereocenters. The molecule has 1 aromatic carbocycles. The highest BCUT2D eigenvalue weighted by atomic mass is 35.5. The van der Waals surface area contributed by atoms with Crippen LogP contribution in [0.1, 0.15) is 25.7 Å². The van der Waals surface area contributed by atoms with Gasteiger partial charge in [0.2, 0.25) is 5.91 Å². The number of nitrogens with zero attached hydrogens (tertiary/aromatic N) is 3. The molecule has 0 radical (unpaired) electrons. The summed E-state index contributed by atoms with van der Waals surface area (Å²) in [4.78, 5) is 19.0. The number of benzene rings is 1. The molecule has 0 aromatic heterocycles. The van der Waals surface area contributed by atoms with Crippen molar-refractivity contribution in [3.8, 4) is 0 Å². The molecular formula is C21H31Cl2N3O2. The molecule has 2 aliphatic heterocycles. The van der Waals surface area contributed by atoms with Gasteiger partial charge in [0, 0.05) is 46.4 Å². The molecule has 0 saturated carbocycles. The van der Waals surface area contributed by atoms with Crippen LogP contribution in [0.3, 0.4) is 0 Å². The van der Waals surface area contributed by atoms with Gasteiger partial charge < -0.3 is 14.5 Å². The summed E-state index contributed by atoms with van der Waals surface area (Å²) in [7, 11) is 1.64. The van der Waals surface area contributed by atoms with Gasteiger partial charge >= 0.3 is 0 Å². The zero-order valence-electron chi connectivity index (χ0n) is 16.7. The van der Waals surface area contributed by atoms with Crippen molar-refractivity contribution in [3.05, 3.63) is 28.2 Å². The third-order valence-corrected chi connectivity index (χ3v) is 6.79. The number of methoxy groups -OCH3 is 1. The molecule has 3 rings (SSSR count). The largest absolute Gasteiger partial charge is 0.384 e. The summed E-state index contributed by atoms with van der Waals surface area (Å²) >= 11 is 12.5. The first kappa shape index (κ1) is 21.7. The lowest BCUT2D eigenvalue weighted by molar-refractivity contribution is -0.133. The molecule has 1 aromatic rings. The van der Waals surface area contributed by atoms with Gasteiger partial charge in [0.05, 0.1) is 28.8 Å². The van der Waals surface area contributed by atoms with E-state index in [1.165, 1.54) is 6.42 Å². The molecule has 5 nitrogen and oxygen atoms in total. The van der Waals surface area contributed by atoms with Gasteiger partial charge in [-0.25, -0.2) is 0 Å². The molecule has 156 valence electrons. The highest BCUT2D eigenvalue weighted by Crippen LogP contribution is 2.33. The predicted octanol–water partition coefficient (Wildman–Crippen LogP) is 3.78. The number of piperazine rings is 1. The van der Waals surface area contributed by atoms with E-state index in [1.54, 1.807) is 7.11 Å². The summed E-state index contributed by atoms with van der Waals surface area (Å²) in [5.74, 6) is 0.961. The van der Waals surface area contributed by atoms with E-state index in [0.717, 1.165) is 70.3 Å². The third-order valence-electron chi connectivity index (χ3n) is 5.99. The van der Waals surface area contributed by atoms with E-state index in [9.17, 15) is 4.79 Å². The Morgan fingerprint density at radius 3 is 2.50 bits per heavy atom. The third kappa shape index (κ3) is 5.76. The number of hydrogen-bond acceptors (Lipinski definition) is 4. The van der Waals surface area contributed by atoms with Gasteiger partial charge in [-0.15, -0.1) is 0 Å². The number of carbonyl (C=O) groups is 1. The van der Waals surface area contributed by atoms with Crippen LogP contribution in [0.2, 0.25) is 10.0 Å². The SMILES string of the molecule is COCCC(=O)N1CCC(CCN2CCN(c3cccc(Cl)c3Cl)CC2)CC1. The molecular weight excluding hydrogens is 397 g/mol. The second-order valence-electron chi connectivity index (χ2n) is 7.76. The fourth-order valence-corrected chi connectivity index (χ4v) is 4.55. The number of piperidine rings is 1. The first-order chi connectivity index (χ1) is 13.6. The zero-order chi connectivity index (χ0) is 19.9. The molecule has 0 atom stereocenters. The van der Waals surface area contributed by atoms with E-state index >= 15 is 0 Å². The van der Waals surface area contributed by atoms with Crippen LogP contribution in [0.4, 0.5) is 5.69 Å². The highest BCUT2D eigenvalue weighted by Gasteiger charge is 2.24. The van der Waals surface area contributed by atoms with Crippen molar-refractivity contribution in [2.24, 2.45) is 5.92 Å². The smallest absolute Gasteiger partial charge is 0.224 e. The summed E-state index contributed by atoms with van der Waals surface area (Å²) < 4.78 is 5.01. The minimum atomic E-state index is 0.232. The fraction of sp³-hybridized carbons (Fsp3) is 0.667. The monoisotopic (exact) mass is 427 g/mol. The Morgan fingerprint density at radius 2 is 1.82 bits per heavy atom. The molecule has 2 fully saturated rings. The van der Waals surface area contributed by atoms with Crippen LogP contribution in [-0.4, -0.2) is 75.2 Å². The van der Waals surface area contributed by atoms with E-state index in [0.29, 0.717) is 23.1 Å². The number of likely N-dealkylation sites (tertiary alicyclic amines) is 1. The maximum atomic E-state index is 12.1. The average Bonchev–Trinajstić information content (AvgIpc) is 2.73. The predicted molar refractivity (Wildman–Crippen MR) is 116 cm³/mol. The Balaban J connectivity index is 1.36. The van der Waals surface area contributed by atoms with Crippen LogP contribution in [-0.2, 0) is 9.53 Å². The number of halogens is 2. The number of amides is 1. The molecule has 0 N–H and O–H groups in total. The zero-order valence-corrected chi connectivity index (χ0v) is 18.2. The van der Waals surface area contributed by atoms with E-state index < -0.39 is 0 Å². The number of ether oxygens (including phenoxy) is 1. The van der Waals surface area contributed by atoms with E-state index in [-0.39, 0.29) is 5.91 Å². The molecule has 7 heteroatoms. The summed E-state index contributed by atoms with van der Waals surface area (Å²) in [5, 5.41) is 1.28. The summed E-state index contributed by atoms with van der Waals surface area (Å²) in [5.41, 5.74) is 1.04. The standard InChI is InChI=1S/C21H31Cl2N3O2/c1-28-16-8-20(27)26-10-6-17(7-11-26)5-9-24-12-14-25(15-13-24)19-4-2-3-18(22)21(19)23/h2-4,17H,5-16H2,1H3. The molecule has 28 heavy (non-hydrogen) atoms. The maximum Gasteiger partial charge on any atom is 0.224 e. The number of hydrogen-bond donors (Lipinski definition) is 0. The summed E-state index contributed by atoms with van der Waals surface area (Å²) in [6, 6.07) is 5.84. The second-order valence-corrected chi connectivity index (χ2v) is 8.54. The average molecular weight is 428 g/mol. The van der Waals surface area contributed by atoms with Crippen molar-refractivity contribution < 1.29 is 9.53 Å². The summed E-state index contributed by atoms with van der Waals surface area (Å²) in [6.45, 7) is 7.51. The number of anilines is 1. The molecule has 2 saturated heterocycles. The van der Waals surface area contributed by atoms with E-state index in [4.69, 9.17) is 27.9 Å². The van der Waals surface area contributed by atoms with Crippen LogP contribution in [0.15, 0.2) is 18.2 Å². The van der Waals surface area contributed by atoms with Crippen molar-refractivity contribution in [2.75, 3.05) is 64.4 Å². The van der Waals surface area contributed by atoms with E-state index in [2.05, 4.69) is 9.80 Å². The first-order valence-corrected chi connectivity index (χ1v) is 11.0. The van der Waals surface area contributed by atoms with Crippen molar-refractivity contribution >= 4 is 34.8 Å². The molecule has 0 spiro atoms. The Morgan fingerprint density at radius 1 is 1.11 bits per heavy atom. The van der Waals surface area contributed by atoms with Crippen molar-refractivity contribution in [1.29, 1.82) is 0 Å². The Hall–Kier alpha value is -1.01. The lowest BCUT2D eigenvalue weighted by Crippen LogP contribution is -2.47. The van der Waals surface area contributed by atoms with Gasteiger partial charge in [-0.3, -0.25) is 9.69 Å². The van der Waals surface area contributed by atoms with Gasteiger partial charge in [-0.05, 0) is 43.9 Å². The Bertz CT molecular complexity index is 643.